The number of amides is 1. The van der Waals surface area contributed by atoms with Crippen LogP contribution in [-0.4, -0.2) is 62.8 Å². The number of carbonyl (C=O) groups excluding carboxylic acids is 1. The molecule has 1 fully saturated rings. The Morgan fingerprint density at radius 1 is 1.22 bits per heavy atom. The van der Waals surface area contributed by atoms with Crippen LogP contribution in [0, 0.1) is 13.8 Å². The average molecular weight is 521 g/mol. The van der Waals surface area contributed by atoms with E-state index in [1.807, 2.05) is 24.0 Å². The minimum Gasteiger partial charge on any atom is -0.493 e. The lowest BCUT2D eigenvalue weighted by molar-refractivity contribution is -0.137. The van der Waals surface area contributed by atoms with Crippen LogP contribution in [-0.2, 0) is 23.9 Å². The molecule has 0 radical (unpaired) electrons. The van der Waals surface area contributed by atoms with E-state index in [0.717, 1.165) is 24.2 Å². The highest BCUT2D eigenvalue weighted by molar-refractivity contribution is 7.16. The molecule has 2 aliphatic heterocycles. The average Bonchev–Trinajstić information content (AvgIpc) is 3.42. The van der Waals surface area contributed by atoms with E-state index < -0.39 is 11.2 Å². The van der Waals surface area contributed by atoms with Crippen LogP contribution in [0.2, 0.25) is 0 Å². The van der Waals surface area contributed by atoms with Crippen LogP contribution in [0.3, 0.4) is 0 Å². The van der Waals surface area contributed by atoms with Crippen molar-refractivity contribution < 1.29 is 22.7 Å². The van der Waals surface area contributed by atoms with Gasteiger partial charge in [0.05, 0.1) is 6.61 Å². The van der Waals surface area contributed by atoms with Gasteiger partial charge in [0.1, 0.15) is 34.6 Å². The van der Waals surface area contributed by atoms with Gasteiger partial charge < -0.3 is 14.5 Å². The fourth-order valence-electron chi connectivity index (χ4n) is 4.79. The van der Waals surface area contributed by atoms with Gasteiger partial charge in [-0.05, 0) is 57.4 Å². The van der Waals surface area contributed by atoms with Crippen molar-refractivity contribution in [3.8, 4) is 17.0 Å². The lowest BCUT2D eigenvalue weighted by Crippen LogP contribution is -2.54. The van der Waals surface area contributed by atoms with Crippen molar-refractivity contribution >= 4 is 22.2 Å². The quantitative estimate of drug-likeness (QED) is 0.516. The first-order chi connectivity index (χ1) is 17.1. The molecule has 2 aliphatic rings. The van der Waals surface area contributed by atoms with Crippen LogP contribution in [0.4, 0.5) is 18.2 Å². The Kier molecular flexibility index (Phi) is 6.39. The van der Waals surface area contributed by atoms with Crippen molar-refractivity contribution in [2.24, 2.45) is 0 Å². The molecule has 0 spiro atoms. The number of piperazine rings is 1. The zero-order chi connectivity index (χ0) is 25.6. The van der Waals surface area contributed by atoms with Gasteiger partial charge in [-0.1, -0.05) is 11.3 Å². The molecule has 0 N–H and O–H groups in total. The van der Waals surface area contributed by atoms with Gasteiger partial charge in [0.15, 0.2) is 0 Å². The first-order valence-corrected chi connectivity index (χ1v) is 12.7. The molecular weight excluding hydrogens is 493 g/mol. The smallest absolute Gasteiger partial charge is 0.443 e. The predicted molar refractivity (Wildman–Crippen MR) is 129 cm³/mol. The topological polar surface area (TPSA) is 76.4 Å². The second-order valence-electron chi connectivity index (χ2n) is 9.19. The number of rotatable bonds is 4. The number of ether oxygens (including phenoxy) is 1. The van der Waals surface area contributed by atoms with Crippen LogP contribution in [0.25, 0.3) is 11.3 Å². The fourth-order valence-corrected chi connectivity index (χ4v) is 5.78. The van der Waals surface area contributed by atoms with Gasteiger partial charge in [0.25, 0.3) is 0 Å². The minimum atomic E-state index is -4.54. The molecule has 0 bridgehead atoms. The number of aromatic nitrogens is 4. The van der Waals surface area contributed by atoms with Gasteiger partial charge in [-0.3, -0.25) is 4.79 Å². The molecule has 0 saturated carbocycles. The third-order valence-corrected chi connectivity index (χ3v) is 7.68. The van der Waals surface area contributed by atoms with Crippen molar-refractivity contribution in [1.82, 2.24) is 24.6 Å². The molecule has 12 heteroatoms. The SMILES string of the molecule is Cc1nc(C)n(CC(=O)N2CCN(c3sc(C(F)(F)F)nc3-c3ccc4c(c3)CCCO4)C[C@H]2C)n1. The molecule has 1 saturated heterocycles. The number of thiazole rings is 1. The summed E-state index contributed by atoms with van der Waals surface area (Å²) < 4.78 is 48.2. The van der Waals surface area contributed by atoms with Gasteiger partial charge in [-0.25, -0.2) is 14.6 Å². The van der Waals surface area contributed by atoms with E-state index in [1.54, 1.807) is 29.5 Å². The van der Waals surface area contributed by atoms with Crippen molar-refractivity contribution in [2.45, 2.75) is 52.4 Å². The van der Waals surface area contributed by atoms with Gasteiger partial charge >= 0.3 is 6.18 Å². The second-order valence-corrected chi connectivity index (χ2v) is 10.2. The summed E-state index contributed by atoms with van der Waals surface area (Å²) in [5.41, 5.74) is 1.94. The normalized spacial score (nSPS) is 18.2. The van der Waals surface area contributed by atoms with E-state index >= 15 is 0 Å². The summed E-state index contributed by atoms with van der Waals surface area (Å²) in [5.74, 6) is 1.95. The molecule has 1 aromatic carbocycles. The van der Waals surface area contributed by atoms with Crippen LogP contribution in [0.15, 0.2) is 18.2 Å². The number of nitrogens with zero attached hydrogens (tertiary/aromatic N) is 6. The zero-order valence-corrected chi connectivity index (χ0v) is 21.1. The largest absolute Gasteiger partial charge is 0.493 e. The van der Waals surface area contributed by atoms with E-state index in [9.17, 15) is 18.0 Å². The van der Waals surface area contributed by atoms with Gasteiger partial charge in [0.2, 0.25) is 10.9 Å². The van der Waals surface area contributed by atoms with Crippen LogP contribution in [0.1, 0.15) is 35.6 Å². The second kappa shape index (κ2) is 9.38. The molecule has 4 heterocycles. The maximum Gasteiger partial charge on any atom is 0.443 e. The maximum absolute atomic E-state index is 13.7. The molecule has 36 heavy (non-hydrogen) atoms. The Labute approximate surface area is 210 Å². The van der Waals surface area contributed by atoms with Gasteiger partial charge in [-0.15, -0.1) is 0 Å². The van der Waals surface area contributed by atoms with Gasteiger partial charge in [0, 0.05) is 31.2 Å². The summed E-state index contributed by atoms with van der Waals surface area (Å²) in [4.78, 5) is 24.9. The summed E-state index contributed by atoms with van der Waals surface area (Å²) in [5, 5.41) is 3.86. The van der Waals surface area contributed by atoms with Crippen molar-refractivity contribution in [3.63, 3.8) is 0 Å². The maximum atomic E-state index is 13.7. The third-order valence-electron chi connectivity index (χ3n) is 6.52. The lowest BCUT2D eigenvalue weighted by atomic mass is 10.0. The van der Waals surface area contributed by atoms with E-state index in [2.05, 4.69) is 15.1 Å². The highest BCUT2D eigenvalue weighted by Gasteiger charge is 2.38. The van der Waals surface area contributed by atoms with Crippen molar-refractivity contribution in [1.29, 1.82) is 0 Å². The molecule has 5 rings (SSSR count). The first-order valence-electron chi connectivity index (χ1n) is 11.9. The Morgan fingerprint density at radius 3 is 2.72 bits per heavy atom. The number of halogens is 3. The lowest BCUT2D eigenvalue weighted by Gasteiger charge is -2.40. The molecule has 1 atom stereocenters. The molecule has 1 amide bonds. The van der Waals surface area contributed by atoms with Gasteiger partial charge in [-0.2, -0.15) is 18.3 Å². The molecular formula is C24H27F3N6O2S. The predicted octanol–water partition coefficient (Wildman–Crippen LogP) is 4.10. The number of hydrogen-bond donors (Lipinski definition) is 0. The van der Waals surface area contributed by atoms with Crippen LogP contribution in [0.5, 0.6) is 5.75 Å². The first kappa shape index (κ1) is 24.5. The number of fused-ring (bicyclic) bond motifs is 1. The molecule has 8 nitrogen and oxygen atoms in total. The molecule has 0 unspecified atom stereocenters. The van der Waals surface area contributed by atoms with Crippen molar-refractivity contribution in [3.05, 3.63) is 40.4 Å². The molecule has 2 aromatic heterocycles. The summed E-state index contributed by atoms with van der Waals surface area (Å²) in [7, 11) is 0. The monoisotopic (exact) mass is 520 g/mol. The Hall–Kier alpha value is -3.15. The Balaban J connectivity index is 1.39. The molecule has 192 valence electrons. The number of anilines is 1. The van der Waals surface area contributed by atoms with E-state index in [4.69, 9.17) is 4.74 Å². The molecule has 0 aliphatic carbocycles. The fraction of sp³-hybridized carbons (Fsp3) is 0.500. The highest BCUT2D eigenvalue weighted by Crippen LogP contribution is 2.44. The minimum absolute atomic E-state index is 0.0816. The number of aryl methyl sites for hydroxylation is 3. The van der Waals surface area contributed by atoms with Crippen LogP contribution >= 0.6 is 11.3 Å². The van der Waals surface area contributed by atoms with Crippen LogP contribution < -0.4 is 9.64 Å². The van der Waals surface area contributed by atoms with E-state index in [0.29, 0.717) is 65.5 Å². The number of alkyl halides is 3. The van der Waals surface area contributed by atoms with E-state index in [1.165, 1.54) is 0 Å². The van der Waals surface area contributed by atoms with Crippen molar-refractivity contribution in [2.75, 3.05) is 31.1 Å². The summed E-state index contributed by atoms with van der Waals surface area (Å²) in [6.07, 6.45) is -2.85. The van der Waals surface area contributed by atoms with E-state index in [-0.39, 0.29) is 18.5 Å². The number of hydrogen-bond acceptors (Lipinski definition) is 7. The highest BCUT2D eigenvalue weighted by atomic mass is 32.1. The summed E-state index contributed by atoms with van der Waals surface area (Å²) >= 11 is 0.657. The number of benzene rings is 1. The zero-order valence-electron chi connectivity index (χ0n) is 20.3. The molecule has 3 aromatic rings. The Morgan fingerprint density at radius 2 is 2.03 bits per heavy atom. The Bertz CT molecular complexity index is 1290. The summed E-state index contributed by atoms with van der Waals surface area (Å²) in [6.45, 7) is 7.40. The number of carbonyl (C=O) groups is 1. The summed E-state index contributed by atoms with van der Waals surface area (Å²) in [6, 6.07) is 5.28. The third kappa shape index (κ3) is 4.78. The standard InChI is InChI=1S/C24H27F3N6O2S/c1-14-12-31(8-9-32(14)20(34)13-33-16(3)28-15(2)30-33)22-21(29-23(36-22)24(25,26)27)18-6-7-19-17(11-18)5-4-10-35-19/h6-7,11,14H,4-5,8-10,12-13H2,1-3H3/t14-/m1/s1.